The minimum absolute atomic E-state index is 0.0985. The van der Waals surface area contributed by atoms with Crippen molar-refractivity contribution < 1.29 is 13.2 Å². The van der Waals surface area contributed by atoms with Crippen molar-refractivity contribution in [2.75, 3.05) is 6.54 Å². The van der Waals surface area contributed by atoms with Gasteiger partial charge in [-0.2, -0.15) is 0 Å². The molecular formula is C15H13BrF3N. The molecule has 0 amide bonds. The van der Waals surface area contributed by atoms with Gasteiger partial charge in [-0.05, 0) is 33.6 Å². The van der Waals surface area contributed by atoms with Crippen LogP contribution in [0, 0.1) is 11.6 Å². The summed E-state index contributed by atoms with van der Waals surface area (Å²) >= 11 is 2.97. The summed E-state index contributed by atoms with van der Waals surface area (Å²) in [4.78, 5) is 0. The lowest BCUT2D eigenvalue weighted by Crippen LogP contribution is -2.33. The Morgan fingerprint density at radius 2 is 1.70 bits per heavy atom. The molecular weight excluding hydrogens is 331 g/mol. The number of halogens is 4. The highest BCUT2D eigenvalue weighted by molar-refractivity contribution is 9.10. The van der Waals surface area contributed by atoms with Gasteiger partial charge in [-0.15, -0.1) is 0 Å². The molecule has 0 heterocycles. The first-order chi connectivity index (χ1) is 9.48. The summed E-state index contributed by atoms with van der Waals surface area (Å²) in [6.45, 7) is -0.359. The Morgan fingerprint density at radius 3 is 2.30 bits per heavy atom. The molecule has 106 valence electrons. The van der Waals surface area contributed by atoms with E-state index in [1.165, 1.54) is 6.07 Å². The van der Waals surface area contributed by atoms with Gasteiger partial charge in [0.05, 0.1) is 4.47 Å². The molecule has 0 fully saturated rings. The van der Waals surface area contributed by atoms with Gasteiger partial charge in [0.25, 0.3) is 0 Å². The third-order valence-corrected chi connectivity index (χ3v) is 3.82. The summed E-state index contributed by atoms with van der Waals surface area (Å²) in [7, 11) is 0. The Labute approximate surface area is 123 Å². The molecule has 2 aromatic carbocycles. The van der Waals surface area contributed by atoms with E-state index < -0.39 is 23.7 Å². The molecule has 0 spiro atoms. The minimum Gasteiger partial charge on any atom is -0.327 e. The van der Waals surface area contributed by atoms with Crippen LogP contribution in [0.1, 0.15) is 11.1 Å². The second-order valence-electron chi connectivity index (χ2n) is 4.53. The standard InChI is InChI=1S/C15H13BrF3N/c16-12-6-7-13(17)11(14(12)18)8-15(19,9-20)10-4-2-1-3-5-10/h1-7H,8-9,20H2. The number of alkyl halides is 1. The van der Waals surface area contributed by atoms with E-state index in [1.807, 2.05) is 0 Å². The summed E-state index contributed by atoms with van der Waals surface area (Å²) in [5.41, 5.74) is 3.48. The maximum atomic E-state index is 15.0. The van der Waals surface area contributed by atoms with Gasteiger partial charge in [-0.1, -0.05) is 30.3 Å². The van der Waals surface area contributed by atoms with Crippen LogP contribution in [0.4, 0.5) is 13.2 Å². The first-order valence-corrected chi connectivity index (χ1v) is 6.84. The van der Waals surface area contributed by atoms with E-state index in [1.54, 1.807) is 30.3 Å². The second-order valence-corrected chi connectivity index (χ2v) is 5.39. The molecule has 0 aromatic heterocycles. The number of hydrogen-bond donors (Lipinski definition) is 1. The summed E-state index contributed by atoms with van der Waals surface area (Å²) in [6, 6.07) is 10.5. The Hall–Kier alpha value is -1.33. The molecule has 1 nitrogen and oxygen atoms in total. The Balaban J connectivity index is 2.44. The molecule has 0 aliphatic carbocycles. The van der Waals surface area contributed by atoms with Crippen LogP contribution in [0.25, 0.3) is 0 Å². The van der Waals surface area contributed by atoms with Crippen LogP contribution in [0.2, 0.25) is 0 Å². The number of nitrogens with two attached hydrogens (primary N) is 1. The van der Waals surface area contributed by atoms with Crippen molar-refractivity contribution in [3.8, 4) is 0 Å². The van der Waals surface area contributed by atoms with Crippen molar-refractivity contribution in [1.82, 2.24) is 0 Å². The Bertz CT molecular complexity index is 604. The van der Waals surface area contributed by atoms with E-state index in [0.29, 0.717) is 5.56 Å². The highest BCUT2D eigenvalue weighted by atomic mass is 79.9. The summed E-state index contributed by atoms with van der Waals surface area (Å²) in [6.07, 6.45) is -0.454. The second kappa shape index (κ2) is 5.97. The molecule has 1 atom stereocenters. The van der Waals surface area contributed by atoms with Gasteiger partial charge in [0.2, 0.25) is 0 Å². The maximum Gasteiger partial charge on any atom is 0.152 e. The fourth-order valence-electron chi connectivity index (χ4n) is 2.04. The smallest absolute Gasteiger partial charge is 0.152 e. The van der Waals surface area contributed by atoms with E-state index in [2.05, 4.69) is 15.9 Å². The van der Waals surface area contributed by atoms with Crippen LogP contribution >= 0.6 is 15.9 Å². The van der Waals surface area contributed by atoms with Gasteiger partial charge in [-0.25, -0.2) is 13.2 Å². The summed E-state index contributed by atoms with van der Waals surface area (Å²) in [5.74, 6) is -1.58. The molecule has 2 rings (SSSR count). The predicted octanol–water partition coefficient (Wildman–Crippen LogP) is 4.09. The first-order valence-electron chi connectivity index (χ1n) is 6.05. The lowest BCUT2D eigenvalue weighted by atomic mass is 9.88. The third kappa shape index (κ3) is 2.88. The van der Waals surface area contributed by atoms with Crippen molar-refractivity contribution >= 4 is 15.9 Å². The van der Waals surface area contributed by atoms with Crippen LogP contribution < -0.4 is 5.73 Å². The topological polar surface area (TPSA) is 26.0 Å². The van der Waals surface area contributed by atoms with E-state index >= 15 is 0 Å². The van der Waals surface area contributed by atoms with Crippen molar-refractivity contribution in [3.05, 3.63) is 69.7 Å². The monoisotopic (exact) mass is 343 g/mol. The minimum atomic E-state index is -2.01. The van der Waals surface area contributed by atoms with E-state index in [0.717, 1.165) is 6.07 Å². The predicted molar refractivity (Wildman–Crippen MR) is 76.0 cm³/mol. The average Bonchev–Trinajstić information content (AvgIpc) is 2.48. The summed E-state index contributed by atoms with van der Waals surface area (Å²) < 4.78 is 42.8. The zero-order valence-electron chi connectivity index (χ0n) is 10.5. The van der Waals surface area contributed by atoms with Crippen molar-refractivity contribution in [2.45, 2.75) is 12.1 Å². The van der Waals surface area contributed by atoms with Crippen LogP contribution in [0.5, 0.6) is 0 Å². The first kappa shape index (κ1) is 15.1. The van der Waals surface area contributed by atoms with Gasteiger partial charge in [0, 0.05) is 18.5 Å². The molecule has 0 aliphatic heterocycles. The van der Waals surface area contributed by atoms with Crippen LogP contribution in [-0.4, -0.2) is 6.54 Å². The highest BCUT2D eigenvalue weighted by Crippen LogP contribution is 2.32. The third-order valence-electron chi connectivity index (χ3n) is 3.21. The molecule has 1 unspecified atom stereocenters. The van der Waals surface area contributed by atoms with Crippen molar-refractivity contribution in [3.63, 3.8) is 0 Å². The van der Waals surface area contributed by atoms with E-state index in [4.69, 9.17) is 5.73 Å². The lowest BCUT2D eigenvalue weighted by molar-refractivity contribution is 0.171. The number of hydrogen-bond acceptors (Lipinski definition) is 1. The molecule has 2 N–H and O–H groups in total. The fourth-order valence-corrected chi connectivity index (χ4v) is 2.41. The molecule has 0 bridgehead atoms. The van der Waals surface area contributed by atoms with Crippen LogP contribution in [-0.2, 0) is 12.1 Å². The van der Waals surface area contributed by atoms with Crippen LogP contribution in [0.3, 0.4) is 0 Å². The maximum absolute atomic E-state index is 15.0. The molecule has 0 radical (unpaired) electrons. The van der Waals surface area contributed by atoms with Gasteiger partial charge in [0.1, 0.15) is 11.6 Å². The number of rotatable bonds is 4. The number of benzene rings is 2. The van der Waals surface area contributed by atoms with Gasteiger partial charge in [0.15, 0.2) is 5.67 Å². The summed E-state index contributed by atoms with van der Waals surface area (Å²) in [5, 5.41) is 0. The SMILES string of the molecule is NCC(F)(Cc1c(F)ccc(Br)c1F)c1ccccc1. The van der Waals surface area contributed by atoms with Gasteiger partial charge >= 0.3 is 0 Å². The van der Waals surface area contributed by atoms with Crippen molar-refractivity contribution in [1.29, 1.82) is 0 Å². The largest absolute Gasteiger partial charge is 0.327 e. The zero-order chi connectivity index (χ0) is 14.8. The van der Waals surface area contributed by atoms with E-state index in [9.17, 15) is 13.2 Å². The molecule has 2 aromatic rings. The quantitative estimate of drug-likeness (QED) is 0.831. The molecule has 0 saturated carbocycles. The van der Waals surface area contributed by atoms with Crippen molar-refractivity contribution in [2.24, 2.45) is 5.73 Å². The van der Waals surface area contributed by atoms with Gasteiger partial charge in [-0.3, -0.25) is 0 Å². The highest BCUT2D eigenvalue weighted by Gasteiger charge is 2.33. The molecule has 0 saturated heterocycles. The lowest BCUT2D eigenvalue weighted by Gasteiger charge is -2.25. The van der Waals surface area contributed by atoms with Crippen LogP contribution in [0.15, 0.2) is 46.9 Å². The average molecular weight is 344 g/mol. The zero-order valence-corrected chi connectivity index (χ0v) is 12.1. The Morgan fingerprint density at radius 1 is 1.05 bits per heavy atom. The molecule has 20 heavy (non-hydrogen) atoms. The molecule has 0 aliphatic rings. The van der Waals surface area contributed by atoms with E-state index in [-0.39, 0.29) is 16.6 Å². The van der Waals surface area contributed by atoms with Gasteiger partial charge < -0.3 is 5.73 Å². The Kier molecular flexibility index (Phi) is 4.50. The molecule has 5 heteroatoms. The normalized spacial score (nSPS) is 14.1. The fraction of sp³-hybridized carbons (Fsp3) is 0.200.